The SMILES string of the molecule is CCCOP(=O)(OCCC)C(F)(F)C(=O)C(C)C. The fourth-order valence-corrected chi connectivity index (χ4v) is 2.88. The van der Waals surface area contributed by atoms with E-state index in [1.165, 1.54) is 13.8 Å². The minimum absolute atomic E-state index is 0.137. The van der Waals surface area contributed by atoms with Crippen LogP contribution in [0.1, 0.15) is 40.5 Å². The summed E-state index contributed by atoms with van der Waals surface area (Å²) in [6.45, 7) is 5.74. The number of hydrogen-bond acceptors (Lipinski definition) is 4. The molecule has 0 unspecified atom stereocenters. The second-order valence-corrected chi connectivity index (χ2v) is 6.30. The van der Waals surface area contributed by atoms with Gasteiger partial charge in [-0.1, -0.05) is 27.7 Å². The molecule has 0 N–H and O–H groups in total. The summed E-state index contributed by atoms with van der Waals surface area (Å²) in [7, 11) is -4.75. The fraction of sp³-hybridized carbons (Fsp3) is 0.909. The summed E-state index contributed by atoms with van der Waals surface area (Å²) in [6, 6.07) is 0. The van der Waals surface area contributed by atoms with Crippen molar-refractivity contribution in [3.63, 3.8) is 0 Å². The fourth-order valence-electron chi connectivity index (χ4n) is 1.10. The van der Waals surface area contributed by atoms with Crippen LogP contribution >= 0.6 is 7.60 Å². The van der Waals surface area contributed by atoms with Crippen molar-refractivity contribution in [3.05, 3.63) is 0 Å². The standard InChI is InChI=1S/C11H21F2O4P/c1-5-7-16-18(15,17-8-6-2)11(12,13)10(14)9(3)4/h9H,5-8H2,1-4H3. The molecule has 0 aliphatic carbocycles. The molecular formula is C11H21F2O4P. The number of Topliss-reactive ketones (excluding diaryl/α,β-unsaturated/α-hetero) is 1. The van der Waals surface area contributed by atoms with Crippen LogP contribution in [0, 0.1) is 5.92 Å². The smallest absolute Gasteiger partial charge is 0.304 e. The van der Waals surface area contributed by atoms with E-state index in [1.807, 2.05) is 0 Å². The van der Waals surface area contributed by atoms with Gasteiger partial charge < -0.3 is 9.05 Å². The average molecular weight is 286 g/mol. The van der Waals surface area contributed by atoms with Crippen LogP contribution < -0.4 is 0 Å². The van der Waals surface area contributed by atoms with Gasteiger partial charge in [0.25, 0.3) is 0 Å². The van der Waals surface area contributed by atoms with Crippen LogP contribution in [0.25, 0.3) is 0 Å². The van der Waals surface area contributed by atoms with Gasteiger partial charge in [-0.25, -0.2) is 0 Å². The second-order valence-electron chi connectivity index (χ2n) is 4.22. The lowest BCUT2D eigenvalue weighted by Gasteiger charge is -2.26. The number of hydrogen-bond donors (Lipinski definition) is 0. The molecule has 0 aromatic rings. The van der Waals surface area contributed by atoms with Gasteiger partial charge in [0.2, 0.25) is 5.78 Å². The molecule has 0 radical (unpaired) electrons. The third kappa shape index (κ3) is 4.11. The Balaban J connectivity index is 5.15. The predicted octanol–water partition coefficient (Wildman–Crippen LogP) is 3.85. The highest BCUT2D eigenvalue weighted by atomic mass is 31.2. The van der Waals surface area contributed by atoms with Crippen molar-refractivity contribution < 1.29 is 27.2 Å². The Labute approximate surface area is 107 Å². The van der Waals surface area contributed by atoms with Crippen molar-refractivity contribution in [1.29, 1.82) is 0 Å². The molecule has 7 heteroatoms. The van der Waals surface area contributed by atoms with E-state index >= 15 is 0 Å². The minimum atomic E-state index is -4.75. The average Bonchev–Trinajstić information content (AvgIpc) is 2.32. The summed E-state index contributed by atoms with van der Waals surface area (Å²) < 4.78 is 49.2. The van der Waals surface area contributed by atoms with E-state index in [4.69, 9.17) is 0 Å². The number of alkyl halides is 2. The highest BCUT2D eigenvalue weighted by Crippen LogP contribution is 2.62. The van der Waals surface area contributed by atoms with Crippen molar-refractivity contribution in [2.24, 2.45) is 5.92 Å². The normalized spacial score (nSPS) is 13.1. The van der Waals surface area contributed by atoms with Crippen LogP contribution in [0.2, 0.25) is 0 Å². The third-order valence-corrected chi connectivity index (χ3v) is 4.05. The van der Waals surface area contributed by atoms with Crippen molar-refractivity contribution in [2.45, 2.75) is 46.2 Å². The van der Waals surface area contributed by atoms with Crippen LogP contribution in [0.4, 0.5) is 8.78 Å². The summed E-state index contributed by atoms with van der Waals surface area (Å²) in [5, 5.41) is 0. The van der Waals surface area contributed by atoms with E-state index in [0.29, 0.717) is 12.8 Å². The summed E-state index contributed by atoms with van der Waals surface area (Å²) in [5.41, 5.74) is -4.09. The van der Waals surface area contributed by atoms with Gasteiger partial charge in [0.1, 0.15) is 0 Å². The van der Waals surface area contributed by atoms with Crippen LogP contribution in [-0.2, 0) is 18.4 Å². The van der Waals surface area contributed by atoms with Crippen molar-refractivity contribution in [3.8, 4) is 0 Å². The Morgan fingerprint density at radius 2 is 1.56 bits per heavy atom. The predicted molar refractivity (Wildman–Crippen MR) is 64.9 cm³/mol. The summed E-state index contributed by atoms with van der Waals surface area (Å²) >= 11 is 0. The van der Waals surface area contributed by atoms with E-state index < -0.39 is 25.0 Å². The summed E-state index contributed by atoms with van der Waals surface area (Å²) in [4.78, 5) is 11.5. The topological polar surface area (TPSA) is 52.6 Å². The molecule has 0 aliphatic heterocycles. The Kier molecular flexibility index (Phi) is 7.18. The molecule has 0 saturated heterocycles. The summed E-state index contributed by atoms with van der Waals surface area (Å²) in [6.07, 6.45) is 0.816. The van der Waals surface area contributed by atoms with Gasteiger partial charge in [0.05, 0.1) is 13.2 Å². The third-order valence-electron chi connectivity index (χ3n) is 2.10. The first-order chi connectivity index (χ1) is 8.23. The van der Waals surface area contributed by atoms with E-state index in [2.05, 4.69) is 9.05 Å². The molecule has 0 amide bonds. The molecule has 0 aromatic carbocycles. The molecule has 0 fully saturated rings. The number of carbonyl (C=O) groups excluding carboxylic acids is 1. The molecular weight excluding hydrogens is 265 g/mol. The molecule has 0 rings (SSSR count). The van der Waals surface area contributed by atoms with Crippen LogP contribution in [0.15, 0.2) is 0 Å². The number of ketones is 1. The van der Waals surface area contributed by atoms with E-state index in [9.17, 15) is 18.1 Å². The maximum Gasteiger partial charge on any atom is 0.407 e. The quantitative estimate of drug-likeness (QED) is 0.604. The lowest BCUT2D eigenvalue weighted by molar-refractivity contribution is -0.138. The van der Waals surface area contributed by atoms with Crippen molar-refractivity contribution in [2.75, 3.05) is 13.2 Å². The largest absolute Gasteiger partial charge is 0.407 e. The summed E-state index contributed by atoms with van der Waals surface area (Å²) in [5.74, 6) is -2.36. The van der Waals surface area contributed by atoms with Crippen LogP contribution in [-0.4, -0.2) is 24.7 Å². The first kappa shape index (κ1) is 17.7. The van der Waals surface area contributed by atoms with Gasteiger partial charge in [-0.15, -0.1) is 0 Å². The van der Waals surface area contributed by atoms with Gasteiger partial charge in [-0.05, 0) is 12.8 Å². The highest BCUT2D eigenvalue weighted by molar-refractivity contribution is 7.56. The lowest BCUT2D eigenvalue weighted by Crippen LogP contribution is -2.34. The zero-order chi connectivity index (χ0) is 14.4. The first-order valence-corrected chi connectivity index (χ1v) is 7.58. The van der Waals surface area contributed by atoms with E-state index in [-0.39, 0.29) is 13.2 Å². The molecule has 0 bridgehead atoms. The first-order valence-electron chi connectivity index (χ1n) is 6.04. The van der Waals surface area contributed by atoms with Gasteiger partial charge in [0.15, 0.2) is 0 Å². The highest BCUT2D eigenvalue weighted by Gasteiger charge is 2.59. The van der Waals surface area contributed by atoms with Gasteiger partial charge in [0, 0.05) is 5.92 Å². The Morgan fingerprint density at radius 1 is 1.17 bits per heavy atom. The molecule has 0 aromatic heterocycles. The molecule has 0 heterocycles. The molecule has 0 atom stereocenters. The molecule has 108 valence electrons. The number of carbonyl (C=O) groups is 1. The van der Waals surface area contributed by atoms with Gasteiger partial charge >= 0.3 is 13.3 Å². The molecule has 0 aliphatic rings. The van der Waals surface area contributed by atoms with Gasteiger partial charge in [-0.3, -0.25) is 9.36 Å². The Morgan fingerprint density at radius 3 is 1.83 bits per heavy atom. The van der Waals surface area contributed by atoms with Crippen LogP contribution in [0.5, 0.6) is 0 Å². The Bertz CT molecular complexity index is 306. The molecule has 4 nitrogen and oxygen atoms in total. The number of rotatable bonds is 9. The lowest BCUT2D eigenvalue weighted by atomic mass is 10.1. The number of halogens is 2. The second kappa shape index (κ2) is 7.31. The maximum atomic E-state index is 13.9. The van der Waals surface area contributed by atoms with Crippen molar-refractivity contribution >= 4 is 13.4 Å². The molecule has 0 spiro atoms. The van der Waals surface area contributed by atoms with E-state index in [1.54, 1.807) is 13.8 Å². The van der Waals surface area contributed by atoms with Crippen LogP contribution in [0.3, 0.4) is 0 Å². The molecule has 0 saturated carbocycles. The maximum absolute atomic E-state index is 13.9. The Hall–Kier alpha value is -0.320. The zero-order valence-electron chi connectivity index (χ0n) is 11.2. The molecule has 18 heavy (non-hydrogen) atoms. The van der Waals surface area contributed by atoms with Crippen molar-refractivity contribution in [1.82, 2.24) is 0 Å². The zero-order valence-corrected chi connectivity index (χ0v) is 12.1. The van der Waals surface area contributed by atoms with Gasteiger partial charge in [-0.2, -0.15) is 8.78 Å². The van der Waals surface area contributed by atoms with E-state index in [0.717, 1.165) is 0 Å². The monoisotopic (exact) mass is 286 g/mol. The minimum Gasteiger partial charge on any atom is -0.304 e.